The van der Waals surface area contributed by atoms with Gasteiger partial charge in [0.2, 0.25) is 5.91 Å². The molecular weight excluding hydrogens is 519 g/mol. The van der Waals surface area contributed by atoms with Gasteiger partial charge in [0.25, 0.3) is 0 Å². The van der Waals surface area contributed by atoms with Crippen LogP contribution < -0.4 is 5.32 Å². The number of benzene rings is 1. The van der Waals surface area contributed by atoms with Gasteiger partial charge in [-0.1, -0.05) is 49.2 Å². The molecule has 1 fully saturated rings. The van der Waals surface area contributed by atoms with Gasteiger partial charge in [0.1, 0.15) is 0 Å². The van der Waals surface area contributed by atoms with E-state index >= 15 is 0 Å². The van der Waals surface area contributed by atoms with E-state index in [1.807, 2.05) is 0 Å². The fraction of sp³-hybridized carbons (Fsp3) is 0.520. The SMILES string of the molecule is CCOP(=O)(/C=C/c1cnc(NC(=O)[C@H](CCC2CCCC2)c2ccc(S(C)(=O)=O)cc2)s1)OCC. The summed E-state index contributed by atoms with van der Waals surface area (Å²) in [6.07, 6.45) is 10.9. The minimum atomic E-state index is -3.33. The molecule has 0 aliphatic heterocycles. The molecule has 1 saturated carbocycles. The molecule has 1 aliphatic rings. The fourth-order valence-corrected chi connectivity index (χ4v) is 7.12. The number of nitrogens with one attached hydrogen (secondary N) is 1. The normalized spacial score (nSPS) is 16.0. The molecule has 1 atom stereocenters. The number of hydrogen-bond donors (Lipinski definition) is 1. The van der Waals surface area contributed by atoms with Gasteiger partial charge in [0.05, 0.1) is 24.0 Å². The second kappa shape index (κ2) is 13.1. The monoisotopic (exact) mass is 554 g/mol. The van der Waals surface area contributed by atoms with Crippen molar-refractivity contribution >= 4 is 45.9 Å². The van der Waals surface area contributed by atoms with Crippen LogP contribution in [0.1, 0.15) is 68.7 Å². The maximum Gasteiger partial charge on any atom is 0.354 e. The summed E-state index contributed by atoms with van der Waals surface area (Å²) in [5, 5.41) is 3.34. The van der Waals surface area contributed by atoms with Crippen LogP contribution in [0.15, 0.2) is 41.2 Å². The molecule has 0 bridgehead atoms. The number of hydrogen-bond acceptors (Lipinski definition) is 8. The van der Waals surface area contributed by atoms with Crippen molar-refractivity contribution in [3.05, 3.63) is 46.7 Å². The molecule has 0 radical (unpaired) electrons. The number of carbonyl (C=O) groups excluding carboxylic acids is 1. The van der Waals surface area contributed by atoms with Crippen molar-refractivity contribution in [3.63, 3.8) is 0 Å². The maximum atomic E-state index is 13.3. The van der Waals surface area contributed by atoms with Crippen molar-refractivity contribution in [3.8, 4) is 0 Å². The molecule has 0 unspecified atom stereocenters. The molecule has 1 amide bonds. The topological polar surface area (TPSA) is 112 Å². The number of carbonyl (C=O) groups is 1. The third-order valence-corrected chi connectivity index (χ3v) is 9.92. The van der Waals surface area contributed by atoms with E-state index in [4.69, 9.17) is 9.05 Å². The number of nitrogens with zero attached hydrogens (tertiary/aromatic N) is 1. The standard InChI is InChI=1S/C25H35N2O6PS2/c1-4-32-34(29,33-5-2)17-16-21-18-26-25(35-21)27-24(28)23(15-10-19-8-6-7-9-19)20-11-13-22(14-12-20)36(3,30)31/h11-14,16-19,23H,4-10,15H2,1-3H3,(H,26,27,28)/b17-16+/t23-/m1/s1. The van der Waals surface area contributed by atoms with Gasteiger partial charge in [0.15, 0.2) is 15.0 Å². The average molecular weight is 555 g/mol. The first-order valence-electron chi connectivity index (χ1n) is 12.3. The minimum Gasteiger partial charge on any atom is -0.306 e. The highest BCUT2D eigenvalue weighted by atomic mass is 32.2. The maximum absolute atomic E-state index is 13.3. The van der Waals surface area contributed by atoms with E-state index in [9.17, 15) is 17.8 Å². The van der Waals surface area contributed by atoms with E-state index in [0.29, 0.717) is 22.3 Å². The summed E-state index contributed by atoms with van der Waals surface area (Å²) in [6, 6.07) is 6.57. The number of anilines is 1. The lowest BCUT2D eigenvalue weighted by atomic mass is 9.89. The Morgan fingerprint density at radius 1 is 1.19 bits per heavy atom. The third-order valence-electron chi connectivity index (χ3n) is 6.16. The van der Waals surface area contributed by atoms with Crippen LogP contribution in [-0.4, -0.2) is 38.8 Å². The zero-order chi connectivity index (χ0) is 26.2. The first-order valence-corrected chi connectivity index (χ1v) is 16.6. The van der Waals surface area contributed by atoms with E-state index in [1.165, 1.54) is 49.1 Å². The van der Waals surface area contributed by atoms with E-state index < -0.39 is 23.4 Å². The molecule has 1 N–H and O–H groups in total. The Morgan fingerprint density at radius 3 is 2.42 bits per heavy atom. The van der Waals surface area contributed by atoms with Crippen LogP contribution in [0.2, 0.25) is 0 Å². The number of thiazole rings is 1. The van der Waals surface area contributed by atoms with Crippen LogP contribution in [0.5, 0.6) is 0 Å². The summed E-state index contributed by atoms with van der Waals surface area (Å²) in [5.41, 5.74) is 0.781. The molecule has 0 saturated heterocycles. The zero-order valence-electron chi connectivity index (χ0n) is 21.0. The molecule has 1 aromatic heterocycles. The predicted molar refractivity (Wildman–Crippen MR) is 144 cm³/mol. The Labute approximate surface area is 218 Å². The summed E-state index contributed by atoms with van der Waals surface area (Å²) < 4.78 is 46.9. The smallest absolute Gasteiger partial charge is 0.306 e. The number of amides is 1. The highest BCUT2D eigenvalue weighted by Gasteiger charge is 2.25. The molecule has 36 heavy (non-hydrogen) atoms. The first-order chi connectivity index (χ1) is 17.1. The summed E-state index contributed by atoms with van der Waals surface area (Å²) >= 11 is 1.26. The molecular formula is C25H35N2O6PS2. The second-order valence-corrected chi connectivity index (χ2v) is 13.8. The summed E-state index contributed by atoms with van der Waals surface area (Å²) in [7, 11) is -6.64. The summed E-state index contributed by atoms with van der Waals surface area (Å²) in [4.78, 5) is 18.6. The van der Waals surface area contributed by atoms with E-state index in [-0.39, 0.29) is 24.0 Å². The van der Waals surface area contributed by atoms with Gasteiger partial charge in [-0.25, -0.2) is 13.4 Å². The Hall–Kier alpha value is -1.84. The molecule has 1 aromatic carbocycles. The Morgan fingerprint density at radius 2 is 1.83 bits per heavy atom. The van der Waals surface area contributed by atoms with E-state index in [0.717, 1.165) is 12.0 Å². The van der Waals surface area contributed by atoms with E-state index in [1.54, 1.807) is 50.4 Å². The second-order valence-electron chi connectivity index (χ2n) is 8.87. The average Bonchev–Trinajstić information content (AvgIpc) is 3.50. The molecule has 1 aliphatic carbocycles. The van der Waals surface area contributed by atoms with Gasteiger partial charge in [-0.05, 0) is 56.4 Å². The Bertz CT molecular complexity index is 1180. The van der Waals surface area contributed by atoms with Gasteiger partial charge in [-0.3, -0.25) is 9.36 Å². The van der Waals surface area contributed by atoms with Crippen molar-refractivity contribution in [2.24, 2.45) is 5.92 Å². The summed E-state index contributed by atoms with van der Waals surface area (Å²) in [6.45, 7) is 4.02. The molecule has 8 nitrogen and oxygen atoms in total. The van der Waals surface area contributed by atoms with Crippen molar-refractivity contribution in [2.75, 3.05) is 24.8 Å². The highest BCUT2D eigenvalue weighted by molar-refractivity contribution is 7.90. The van der Waals surface area contributed by atoms with Gasteiger partial charge >= 0.3 is 7.60 Å². The zero-order valence-corrected chi connectivity index (χ0v) is 23.5. The van der Waals surface area contributed by atoms with Gasteiger partial charge in [0, 0.05) is 23.1 Å². The lowest BCUT2D eigenvalue weighted by Gasteiger charge is -2.19. The molecule has 0 spiro atoms. The predicted octanol–water partition coefficient (Wildman–Crippen LogP) is 6.48. The van der Waals surface area contributed by atoms with Crippen molar-refractivity contribution in [1.82, 2.24) is 4.98 Å². The largest absolute Gasteiger partial charge is 0.354 e. The van der Waals surface area contributed by atoms with Gasteiger partial charge in [-0.15, -0.1) is 0 Å². The highest BCUT2D eigenvalue weighted by Crippen LogP contribution is 2.50. The van der Waals surface area contributed by atoms with Crippen LogP contribution >= 0.6 is 18.9 Å². The number of rotatable bonds is 13. The van der Waals surface area contributed by atoms with Crippen LogP contribution in [-0.2, 0) is 28.2 Å². The van der Waals surface area contributed by atoms with Gasteiger partial charge in [-0.2, -0.15) is 0 Å². The Kier molecular flexibility index (Phi) is 10.5. The van der Waals surface area contributed by atoms with Crippen molar-refractivity contribution in [2.45, 2.75) is 63.2 Å². The molecule has 11 heteroatoms. The Balaban J connectivity index is 1.74. The molecule has 2 aromatic rings. The van der Waals surface area contributed by atoms with Crippen LogP contribution in [0.25, 0.3) is 6.08 Å². The summed E-state index contributed by atoms with van der Waals surface area (Å²) in [5.74, 6) is 1.43. The third kappa shape index (κ3) is 8.35. The number of sulfone groups is 1. The van der Waals surface area contributed by atoms with Crippen molar-refractivity contribution < 1.29 is 26.8 Å². The minimum absolute atomic E-state index is 0.181. The number of aromatic nitrogens is 1. The quantitative estimate of drug-likeness (QED) is 0.282. The molecule has 1 heterocycles. The van der Waals surface area contributed by atoms with Crippen LogP contribution in [0.4, 0.5) is 5.13 Å². The lowest BCUT2D eigenvalue weighted by molar-refractivity contribution is -0.117. The van der Waals surface area contributed by atoms with E-state index in [2.05, 4.69) is 10.3 Å². The van der Waals surface area contributed by atoms with Crippen LogP contribution in [0.3, 0.4) is 0 Å². The molecule has 3 rings (SSSR count). The van der Waals surface area contributed by atoms with Gasteiger partial charge < -0.3 is 14.4 Å². The van der Waals surface area contributed by atoms with Crippen molar-refractivity contribution in [1.29, 1.82) is 0 Å². The first kappa shape index (κ1) is 28.7. The molecule has 198 valence electrons. The van der Waals surface area contributed by atoms with Crippen LogP contribution in [0, 0.1) is 5.92 Å². The lowest BCUT2D eigenvalue weighted by Crippen LogP contribution is -2.22. The fourth-order valence-electron chi connectivity index (χ4n) is 4.36.